The zero-order valence-electron chi connectivity index (χ0n) is 6.00. The second kappa shape index (κ2) is 2.02. The lowest BCUT2D eigenvalue weighted by Gasteiger charge is -2.04. The smallest absolute Gasteiger partial charge is 0.123 e. The lowest BCUT2D eigenvalue weighted by atomic mass is 10.1. The van der Waals surface area contributed by atoms with Crippen molar-refractivity contribution in [3.63, 3.8) is 0 Å². The van der Waals surface area contributed by atoms with E-state index in [9.17, 15) is 0 Å². The maximum atomic E-state index is 4.09. The molecule has 0 spiro atoms. The van der Waals surface area contributed by atoms with Crippen LogP contribution in [0.25, 0.3) is 0 Å². The van der Waals surface area contributed by atoms with Gasteiger partial charge in [0.2, 0.25) is 0 Å². The minimum absolute atomic E-state index is 0.459. The standard InChI is InChI=1S/C7H10N2S/c1-2-7(3-4-7)6-9-8-5-10-6/h5H,2-4H2,1H3. The number of rotatable bonds is 2. The fourth-order valence-electron chi connectivity index (χ4n) is 1.27. The van der Waals surface area contributed by atoms with E-state index in [1.807, 2.05) is 5.51 Å². The van der Waals surface area contributed by atoms with E-state index in [1.165, 1.54) is 24.3 Å². The van der Waals surface area contributed by atoms with E-state index in [0.717, 1.165) is 0 Å². The summed E-state index contributed by atoms with van der Waals surface area (Å²) in [5.74, 6) is 0. The number of hydrogen-bond donors (Lipinski definition) is 0. The van der Waals surface area contributed by atoms with Crippen molar-refractivity contribution in [1.29, 1.82) is 0 Å². The largest absolute Gasteiger partial charge is 0.147 e. The summed E-state index contributed by atoms with van der Waals surface area (Å²) in [6.07, 6.45) is 3.86. The van der Waals surface area contributed by atoms with Crippen LogP contribution in [0, 0.1) is 0 Å². The van der Waals surface area contributed by atoms with Gasteiger partial charge in [0.05, 0.1) is 0 Å². The monoisotopic (exact) mass is 154 g/mol. The molecule has 0 saturated heterocycles. The first-order chi connectivity index (χ1) is 4.87. The molecule has 2 rings (SSSR count). The van der Waals surface area contributed by atoms with E-state index in [2.05, 4.69) is 17.1 Å². The Hall–Kier alpha value is -0.440. The second-order valence-corrected chi connectivity index (χ2v) is 3.71. The molecule has 10 heavy (non-hydrogen) atoms. The second-order valence-electron chi connectivity index (χ2n) is 2.88. The Labute approximate surface area is 64.3 Å². The lowest BCUT2D eigenvalue weighted by molar-refractivity contribution is 0.649. The highest BCUT2D eigenvalue weighted by molar-refractivity contribution is 7.09. The Morgan fingerprint density at radius 3 is 2.90 bits per heavy atom. The normalized spacial score (nSPS) is 20.9. The summed E-state index contributed by atoms with van der Waals surface area (Å²) in [6.45, 7) is 2.23. The van der Waals surface area contributed by atoms with Gasteiger partial charge in [-0.3, -0.25) is 0 Å². The van der Waals surface area contributed by atoms with Gasteiger partial charge in [-0.05, 0) is 19.3 Å². The Kier molecular flexibility index (Phi) is 1.27. The molecule has 1 heterocycles. The maximum absolute atomic E-state index is 4.09. The third-order valence-electron chi connectivity index (χ3n) is 2.34. The molecule has 0 N–H and O–H groups in total. The highest BCUT2D eigenvalue weighted by Gasteiger charge is 2.44. The Morgan fingerprint density at radius 2 is 2.50 bits per heavy atom. The van der Waals surface area contributed by atoms with Crippen LogP contribution in [0.4, 0.5) is 0 Å². The van der Waals surface area contributed by atoms with Crippen LogP contribution in [-0.2, 0) is 5.41 Å². The average molecular weight is 154 g/mol. The average Bonchev–Trinajstić information content (AvgIpc) is 2.58. The summed E-state index contributed by atoms with van der Waals surface area (Å²) in [4.78, 5) is 0. The molecule has 0 atom stereocenters. The molecular weight excluding hydrogens is 144 g/mol. The molecule has 0 bridgehead atoms. The molecule has 0 amide bonds. The predicted molar refractivity (Wildman–Crippen MR) is 41.1 cm³/mol. The molecular formula is C7H10N2S. The molecule has 1 saturated carbocycles. The van der Waals surface area contributed by atoms with Gasteiger partial charge in [-0.2, -0.15) is 0 Å². The van der Waals surface area contributed by atoms with E-state index >= 15 is 0 Å². The van der Waals surface area contributed by atoms with Crippen molar-refractivity contribution in [2.75, 3.05) is 0 Å². The van der Waals surface area contributed by atoms with E-state index in [0.29, 0.717) is 5.41 Å². The van der Waals surface area contributed by atoms with E-state index in [4.69, 9.17) is 0 Å². The number of hydrogen-bond acceptors (Lipinski definition) is 3. The summed E-state index contributed by atoms with van der Waals surface area (Å²) in [5, 5.41) is 9.18. The topological polar surface area (TPSA) is 25.8 Å². The van der Waals surface area contributed by atoms with Crippen molar-refractivity contribution >= 4 is 11.3 Å². The zero-order chi connectivity index (χ0) is 7.03. The van der Waals surface area contributed by atoms with Crippen molar-refractivity contribution in [3.05, 3.63) is 10.5 Å². The fraction of sp³-hybridized carbons (Fsp3) is 0.714. The lowest BCUT2D eigenvalue weighted by Crippen LogP contribution is -2.02. The van der Waals surface area contributed by atoms with Gasteiger partial charge in [0.25, 0.3) is 0 Å². The maximum Gasteiger partial charge on any atom is 0.123 e. The molecule has 2 nitrogen and oxygen atoms in total. The predicted octanol–water partition coefficient (Wildman–Crippen LogP) is 1.98. The van der Waals surface area contributed by atoms with Gasteiger partial charge in [-0.25, -0.2) is 0 Å². The van der Waals surface area contributed by atoms with Crippen LogP contribution >= 0.6 is 11.3 Å². The van der Waals surface area contributed by atoms with Crippen molar-refractivity contribution < 1.29 is 0 Å². The Bertz CT molecular complexity index is 214. The molecule has 1 aliphatic carbocycles. The van der Waals surface area contributed by atoms with Crippen LogP contribution < -0.4 is 0 Å². The molecule has 0 aliphatic heterocycles. The molecule has 3 heteroatoms. The third-order valence-corrected chi connectivity index (χ3v) is 3.28. The first-order valence-corrected chi connectivity index (χ1v) is 4.52. The highest BCUT2D eigenvalue weighted by Crippen LogP contribution is 2.51. The van der Waals surface area contributed by atoms with E-state index < -0.39 is 0 Å². The van der Waals surface area contributed by atoms with Gasteiger partial charge in [0, 0.05) is 5.41 Å². The quantitative estimate of drug-likeness (QED) is 0.651. The van der Waals surface area contributed by atoms with Crippen LogP contribution in [0.2, 0.25) is 0 Å². The van der Waals surface area contributed by atoms with Crippen molar-refractivity contribution in [3.8, 4) is 0 Å². The van der Waals surface area contributed by atoms with Crippen molar-refractivity contribution in [2.24, 2.45) is 0 Å². The molecule has 1 aromatic heterocycles. The van der Waals surface area contributed by atoms with Crippen LogP contribution in [0.1, 0.15) is 31.2 Å². The minimum atomic E-state index is 0.459. The van der Waals surface area contributed by atoms with Gasteiger partial charge >= 0.3 is 0 Å². The Morgan fingerprint density at radius 1 is 1.70 bits per heavy atom. The van der Waals surface area contributed by atoms with Crippen LogP contribution in [-0.4, -0.2) is 10.2 Å². The summed E-state index contributed by atoms with van der Waals surface area (Å²) >= 11 is 1.69. The third kappa shape index (κ3) is 0.770. The summed E-state index contributed by atoms with van der Waals surface area (Å²) in [7, 11) is 0. The van der Waals surface area contributed by atoms with Gasteiger partial charge in [0.1, 0.15) is 10.5 Å². The fourth-order valence-corrected chi connectivity index (χ4v) is 2.16. The van der Waals surface area contributed by atoms with Gasteiger partial charge < -0.3 is 0 Å². The molecule has 0 radical (unpaired) electrons. The van der Waals surface area contributed by atoms with E-state index in [1.54, 1.807) is 11.3 Å². The molecule has 1 aliphatic rings. The van der Waals surface area contributed by atoms with Crippen LogP contribution in [0.5, 0.6) is 0 Å². The summed E-state index contributed by atoms with van der Waals surface area (Å²) in [6, 6.07) is 0. The molecule has 1 aromatic rings. The van der Waals surface area contributed by atoms with Crippen molar-refractivity contribution in [1.82, 2.24) is 10.2 Å². The van der Waals surface area contributed by atoms with Crippen LogP contribution in [0.15, 0.2) is 5.51 Å². The van der Waals surface area contributed by atoms with Crippen LogP contribution in [0.3, 0.4) is 0 Å². The Balaban J connectivity index is 2.27. The van der Waals surface area contributed by atoms with Crippen molar-refractivity contribution in [2.45, 2.75) is 31.6 Å². The molecule has 0 unspecified atom stereocenters. The highest BCUT2D eigenvalue weighted by atomic mass is 32.1. The molecule has 54 valence electrons. The van der Waals surface area contributed by atoms with Gasteiger partial charge in [-0.15, -0.1) is 21.5 Å². The first kappa shape index (κ1) is 6.28. The summed E-state index contributed by atoms with van der Waals surface area (Å²) < 4.78 is 0. The van der Waals surface area contributed by atoms with Gasteiger partial charge in [-0.1, -0.05) is 6.92 Å². The summed E-state index contributed by atoms with van der Waals surface area (Å²) in [5.41, 5.74) is 2.28. The first-order valence-electron chi connectivity index (χ1n) is 3.64. The van der Waals surface area contributed by atoms with Gasteiger partial charge in [0.15, 0.2) is 0 Å². The zero-order valence-corrected chi connectivity index (χ0v) is 6.82. The van der Waals surface area contributed by atoms with E-state index in [-0.39, 0.29) is 0 Å². The molecule has 1 fully saturated rings. The molecule has 0 aromatic carbocycles. The number of aromatic nitrogens is 2. The number of nitrogens with zero attached hydrogens (tertiary/aromatic N) is 2. The SMILES string of the molecule is CCC1(c2nncs2)CC1. The minimum Gasteiger partial charge on any atom is -0.147 e.